The second-order valence-corrected chi connectivity index (χ2v) is 4.72. The first kappa shape index (κ1) is 12.6. The molecule has 94 valence electrons. The van der Waals surface area contributed by atoms with Crippen molar-refractivity contribution in [2.75, 3.05) is 12.3 Å². The summed E-state index contributed by atoms with van der Waals surface area (Å²) in [5.41, 5.74) is 6.71. The highest BCUT2D eigenvalue weighted by Crippen LogP contribution is 2.18. The number of nitrogens with two attached hydrogens (primary N) is 1. The van der Waals surface area contributed by atoms with Crippen molar-refractivity contribution in [3.05, 3.63) is 52.0 Å². The summed E-state index contributed by atoms with van der Waals surface area (Å²) in [7, 11) is 0. The van der Waals surface area contributed by atoms with Gasteiger partial charge in [0.1, 0.15) is 10.7 Å². The largest absolute Gasteiger partial charge is 0.397 e. The lowest BCUT2D eigenvalue weighted by Crippen LogP contribution is -2.25. The van der Waals surface area contributed by atoms with E-state index in [4.69, 9.17) is 5.73 Å². The quantitative estimate of drug-likeness (QED) is 0.891. The number of benzene rings is 1. The fourth-order valence-corrected chi connectivity index (χ4v) is 2.33. The molecular formula is C13H13FN2OS. The fourth-order valence-electron chi connectivity index (χ4n) is 1.60. The zero-order chi connectivity index (χ0) is 13.0. The van der Waals surface area contributed by atoms with Gasteiger partial charge in [0.25, 0.3) is 5.91 Å². The number of nitrogens with one attached hydrogen (secondary N) is 1. The molecule has 0 unspecified atom stereocenters. The van der Waals surface area contributed by atoms with Gasteiger partial charge >= 0.3 is 0 Å². The van der Waals surface area contributed by atoms with Crippen LogP contribution in [0.2, 0.25) is 0 Å². The lowest BCUT2D eigenvalue weighted by Gasteiger charge is -2.05. The Balaban J connectivity index is 1.88. The summed E-state index contributed by atoms with van der Waals surface area (Å²) >= 11 is 1.30. The highest BCUT2D eigenvalue weighted by molar-refractivity contribution is 7.12. The molecule has 5 heteroatoms. The van der Waals surface area contributed by atoms with E-state index in [1.165, 1.54) is 17.4 Å². The molecule has 0 aliphatic carbocycles. The number of hydrogen-bond acceptors (Lipinski definition) is 3. The number of carbonyl (C=O) groups is 1. The Labute approximate surface area is 108 Å². The zero-order valence-corrected chi connectivity index (χ0v) is 10.5. The molecule has 0 aliphatic heterocycles. The molecule has 0 radical (unpaired) electrons. The Hall–Kier alpha value is -1.88. The van der Waals surface area contributed by atoms with Crippen LogP contribution in [0.15, 0.2) is 35.7 Å². The predicted octanol–water partition coefficient (Wildman–Crippen LogP) is 2.44. The molecule has 18 heavy (non-hydrogen) atoms. The van der Waals surface area contributed by atoms with Crippen molar-refractivity contribution in [3.8, 4) is 0 Å². The van der Waals surface area contributed by atoms with E-state index in [-0.39, 0.29) is 11.7 Å². The van der Waals surface area contributed by atoms with Crippen molar-refractivity contribution in [2.45, 2.75) is 6.42 Å². The van der Waals surface area contributed by atoms with Crippen LogP contribution < -0.4 is 11.1 Å². The Morgan fingerprint density at radius 3 is 2.78 bits per heavy atom. The summed E-state index contributed by atoms with van der Waals surface area (Å²) in [6.07, 6.45) is 0.462. The van der Waals surface area contributed by atoms with Crippen LogP contribution in [0.25, 0.3) is 0 Å². The summed E-state index contributed by atoms with van der Waals surface area (Å²) in [5, 5.41) is 4.49. The third-order valence-corrected chi connectivity index (χ3v) is 3.47. The van der Waals surface area contributed by atoms with E-state index in [1.807, 2.05) is 0 Å². The Morgan fingerprint density at radius 2 is 2.11 bits per heavy atom. The first-order valence-electron chi connectivity index (χ1n) is 5.53. The smallest absolute Gasteiger partial charge is 0.263 e. The van der Waals surface area contributed by atoms with Crippen LogP contribution in [0.4, 0.5) is 10.1 Å². The molecule has 1 aromatic heterocycles. The Bertz CT molecular complexity index is 553. The van der Waals surface area contributed by atoms with Crippen molar-refractivity contribution in [1.29, 1.82) is 0 Å². The van der Waals surface area contributed by atoms with Crippen LogP contribution in [0, 0.1) is 5.82 Å². The number of amides is 1. The number of carbonyl (C=O) groups excluding carboxylic acids is 1. The van der Waals surface area contributed by atoms with Crippen LogP contribution in [0.1, 0.15) is 15.2 Å². The molecule has 2 aromatic rings. The van der Waals surface area contributed by atoms with Gasteiger partial charge in [-0.1, -0.05) is 18.2 Å². The third kappa shape index (κ3) is 2.87. The van der Waals surface area contributed by atoms with E-state index in [0.29, 0.717) is 29.1 Å². The van der Waals surface area contributed by atoms with E-state index in [1.54, 1.807) is 29.6 Å². The molecule has 1 heterocycles. The van der Waals surface area contributed by atoms with Gasteiger partial charge in [-0.2, -0.15) is 0 Å². The van der Waals surface area contributed by atoms with Gasteiger partial charge in [-0.25, -0.2) is 4.39 Å². The molecule has 3 nitrogen and oxygen atoms in total. The maximum atomic E-state index is 13.3. The highest BCUT2D eigenvalue weighted by Gasteiger charge is 2.10. The molecule has 0 saturated carbocycles. The minimum Gasteiger partial charge on any atom is -0.397 e. The fraction of sp³-hybridized carbons (Fsp3) is 0.154. The van der Waals surface area contributed by atoms with Gasteiger partial charge in [0.05, 0.1) is 5.69 Å². The molecule has 1 aromatic carbocycles. The molecule has 0 atom stereocenters. The Morgan fingerprint density at radius 1 is 1.33 bits per heavy atom. The van der Waals surface area contributed by atoms with E-state index < -0.39 is 0 Å². The van der Waals surface area contributed by atoms with Gasteiger partial charge in [0.2, 0.25) is 0 Å². The zero-order valence-electron chi connectivity index (χ0n) is 9.65. The van der Waals surface area contributed by atoms with E-state index in [9.17, 15) is 9.18 Å². The second kappa shape index (κ2) is 5.64. The molecule has 1 amide bonds. The molecule has 2 rings (SSSR count). The Kier molecular flexibility index (Phi) is 3.94. The van der Waals surface area contributed by atoms with Crippen LogP contribution in [-0.4, -0.2) is 12.5 Å². The monoisotopic (exact) mass is 264 g/mol. The lowest BCUT2D eigenvalue weighted by atomic mass is 10.1. The van der Waals surface area contributed by atoms with Crippen molar-refractivity contribution in [3.63, 3.8) is 0 Å². The maximum Gasteiger partial charge on any atom is 0.263 e. The van der Waals surface area contributed by atoms with E-state index >= 15 is 0 Å². The molecule has 0 saturated heterocycles. The maximum absolute atomic E-state index is 13.3. The summed E-state index contributed by atoms with van der Waals surface area (Å²) in [5.74, 6) is -0.457. The number of rotatable bonds is 4. The van der Waals surface area contributed by atoms with Gasteiger partial charge in [0.15, 0.2) is 0 Å². The minimum absolute atomic E-state index is 0.209. The first-order valence-corrected chi connectivity index (χ1v) is 6.41. The van der Waals surface area contributed by atoms with Gasteiger partial charge in [-0.15, -0.1) is 11.3 Å². The number of halogens is 1. The molecule has 0 bridgehead atoms. The molecule has 0 aliphatic rings. The van der Waals surface area contributed by atoms with E-state index in [0.717, 1.165) is 0 Å². The van der Waals surface area contributed by atoms with E-state index in [2.05, 4.69) is 5.32 Å². The molecule has 0 fully saturated rings. The number of hydrogen-bond donors (Lipinski definition) is 2. The summed E-state index contributed by atoms with van der Waals surface area (Å²) in [6, 6.07) is 8.23. The summed E-state index contributed by atoms with van der Waals surface area (Å²) < 4.78 is 13.3. The molecule has 3 N–H and O–H groups in total. The SMILES string of the molecule is Nc1ccsc1C(=O)NCCc1ccccc1F. The minimum atomic E-state index is -0.248. The lowest BCUT2D eigenvalue weighted by molar-refractivity contribution is 0.0959. The van der Waals surface area contributed by atoms with Crippen LogP contribution >= 0.6 is 11.3 Å². The highest BCUT2D eigenvalue weighted by atomic mass is 32.1. The number of thiophene rings is 1. The summed E-state index contributed by atoms with van der Waals surface area (Å²) in [6.45, 7) is 0.386. The second-order valence-electron chi connectivity index (χ2n) is 3.80. The normalized spacial score (nSPS) is 10.3. The third-order valence-electron chi connectivity index (χ3n) is 2.54. The van der Waals surface area contributed by atoms with Crippen molar-refractivity contribution in [1.82, 2.24) is 5.32 Å². The number of anilines is 1. The topological polar surface area (TPSA) is 55.1 Å². The van der Waals surface area contributed by atoms with Gasteiger partial charge < -0.3 is 11.1 Å². The van der Waals surface area contributed by atoms with Gasteiger partial charge in [0, 0.05) is 6.54 Å². The van der Waals surface area contributed by atoms with Crippen LogP contribution in [0.5, 0.6) is 0 Å². The van der Waals surface area contributed by atoms with Crippen molar-refractivity contribution < 1.29 is 9.18 Å². The van der Waals surface area contributed by atoms with Gasteiger partial charge in [-0.3, -0.25) is 4.79 Å². The van der Waals surface area contributed by atoms with Crippen molar-refractivity contribution in [2.24, 2.45) is 0 Å². The van der Waals surface area contributed by atoms with Crippen LogP contribution in [0.3, 0.4) is 0 Å². The standard InChI is InChI=1S/C13H13FN2OS/c14-10-4-2-1-3-9(10)5-7-16-13(17)12-11(15)6-8-18-12/h1-4,6,8H,5,7,15H2,(H,16,17). The predicted molar refractivity (Wildman–Crippen MR) is 71.2 cm³/mol. The average molecular weight is 264 g/mol. The van der Waals surface area contributed by atoms with Crippen molar-refractivity contribution >= 4 is 22.9 Å². The van der Waals surface area contributed by atoms with Crippen LogP contribution in [-0.2, 0) is 6.42 Å². The van der Waals surface area contributed by atoms with Gasteiger partial charge in [-0.05, 0) is 29.5 Å². The number of nitrogen functional groups attached to an aromatic ring is 1. The summed E-state index contributed by atoms with van der Waals surface area (Å²) in [4.78, 5) is 12.2. The molecular weight excluding hydrogens is 251 g/mol. The first-order chi connectivity index (χ1) is 8.68. The molecule has 0 spiro atoms. The average Bonchev–Trinajstić information content (AvgIpc) is 2.78.